The summed E-state index contributed by atoms with van der Waals surface area (Å²) in [7, 11) is 0. The summed E-state index contributed by atoms with van der Waals surface area (Å²) in [4.78, 5) is 55.0. The van der Waals surface area contributed by atoms with Gasteiger partial charge in [-0.05, 0) is 81.9 Å². The molecule has 16 heteroatoms. The molecule has 2 aliphatic heterocycles. The van der Waals surface area contributed by atoms with Crippen molar-refractivity contribution in [1.29, 1.82) is 5.26 Å². The van der Waals surface area contributed by atoms with E-state index in [1.54, 1.807) is 103 Å². The number of anilines is 1. The number of carbonyl (C=O) groups is 4. The third-order valence-electron chi connectivity index (χ3n) is 10.9. The Morgan fingerprint density at radius 3 is 2.16 bits per heavy atom. The lowest BCUT2D eigenvalue weighted by molar-refractivity contribution is -0.142. The fourth-order valence-corrected chi connectivity index (χ4v) is 7.88. The highest BCUT2D eigenvalue weighted by molar-refractivity contribution is 6.42. The summed E-state index contributed by atoms with van der Waals surface area (Å²) < 4.78 is 56.2. The molecule has 3 amide bonds. The minimum atomic E-state index is -1.51. The van der Waals surface area contributed by atoms with E-state index in [0.29, 0.717) is 55.7 Å². The summed E-state index contributed by atoms with van der Waals surface area (Å²) >= 11 is 12.1. The summed E-state index contributed by atoms with van der Waals surface area (Å²) in [5, 5.41) is 25.4. The molecule has 3 N–H and O–H groups in total. The van der Waals surface area contributed by atoms with Gasteiger partial charge in [0.1, 0.15) is 53.2 Å². The summed E-state index contributed by atoms with van der Waals surface area (Å²) in [6, 6.07) is 28.4. The Bertz CT molecular complexity index is 2850. The molecule has 0 saturated carbocycles. The normalized spacial score (nSPS) is 15.7. The van der Waals surface area contributed by atoms with E-state index in [-0.39, 0.29) is 30.9 Å². The van der Waals surface area contributed by atoms with Crippen LogP contribution in [0.4, 0.5) is 18.9 Å². The number of carbonyl (C=O) groups excluding carboxylic acids is 3. The first-order valence-electron chi connectivity index (χ1n) is 19.6. The molecule has 3 unspecified atom stereocenters. The summed E-state index contributed by atoms with van der Waals surface area (Å²) in [5.41, 5.74) is 3.95. The molecule has 0 spiro atoms. The number of carboxylic acids is 1. The second kappa shape index (κ2) is 18.2. The van der Waals surface area contributed by atoms with E-state index >= 15 is 8.78 Å². The Morgan fingerprint density at radius 2 is 1.52 bits per heavy atom. The Balaban J connectivity index is 1.02. The lowest BCUT2D eigenvalue weighted by atomic mass is 9.91. The molecule has 0 bridgehead atoms. The number of nitrogens with one attached hydrogen (secondary N) is 2. The number of fused-ring (bicyclic) bond motifs is 2. The third kappa shape index (κ3) is 9.22. The second-order valence-electron chi connectivity index (χ2n) is 15.1. The van der Waals surface area contributed by atoms with Crippen molar-refractivity contribution in [2.75, 3.05) is 5.32 Å². The molecule has 11 nitrogen and oxygen atoms in total. The van der Waals surface area contributed by atoms with Crippen LogP contribution < -0.4 is 20.1 Å². The van der Waals surface area contributed by atoms with Crippen molar-refractivity contribution in [2.45, 2.75) is 44.2 Å². The third-order valence-corrected chi connectivity index (χ3v) is 11.6. The van der Waals surface area contributed by atoms with Gasteiger partial charge >= 0.3 is 5.97 Å². The van der Waals surface area contributed by atoms with Gasteiger partial charge in [-0.25, -0.2) is 18.0 Å². The van der Waals surface area contributed by atoms with E-state index in [0.717, 1.165) is 21.6 Å². The number of carboxylic acid groups (broad SMARTS) is 1. The zero-order chi connectivity index (χ0) is 45.2. The van der Waals surface area contributed by atoms with Gasteiger partial charge in [-0.3, -0.25) is 14.4 Å². The lowest BCUT2D eigenvalue weighted by Crippen LogP contribution is -2.56. The molecule has 8 rings (SSSR count). The number of rotatable bonds is 11. The minimum Gasteiger partial charge on any atom is -0.489 e. The number of halogens is 5. The van der Waals surface area contributed by atoms with Crippen LogP contribution in [0.25, 0.3) is 11.1 Å². The van der Waals surface area contributed by atoms with Gasteiger partial charge in [-0.2, -0.15) is 5.26 Å². The van der Waals surface area contributed by atoms with Gasteiger partial charge in [0, 0.05) is 37.1 Å². The van der Waals surface area contributed by atoms with Crippen LogP contribution in [0.1, 0.15) is 49.8 Å². The number of ether oxygens (including phenoxy) is 2. The smallest absolute Gasteiger partial charge is 0.326 e. The quantitative estimate of drug-likeness (QED) is 0.116. The average molecular weight is 906 g/mol. The maximum atomic E-state index is 15.1. The molecule has 0 saturated heterocycles. The Kier molecular flexibility index (Phi) is 12.3. The number of nitriles is 1. The van der Waals surface area contributed by atoms with Gasteiger partial charge in [0.2, 0.25) is 12.0 Å². The van der Waals surface area contributed by atoms with Gasteiger partial charge in [0.05, 0.1) is 27.4 Å². The molecule has 0 fully saturated rings. The van der Waals surface area contributed by atoms with E-state index in [4.69, 9.17) is 37.9 Å². The highest BCUT2D eigenvalue weighted by atomic mass is 35.5. The molecular formula is C48H33Cl2F3N4O7. The Hall–Kier alpha value is -7.34. The molecule has 2 heterocycles. The van der Waals surface area contributed by atoms with Crippen LogP contribution in [-0.2, 0) is 40.4 Å². The number of hydrogen-bond acceptors (Lipinski definition) is 7. The zero-order valence-electron chi connectivity index (χ0n) is 33.2. The molecule has 64 heavy (non-hydrogen) atoms. The van der Waals surface area contributed by atoms with Crippen molar-refractivity contribution in [3.63, 3.8) is 0 Å². The van der Waals surface area contributed by atoms with E-state index in [1.165, 1.54) is 0 Å². The van der Waals surface area contributed by atoms with E-state index in [2.05, 4.69) is 16.7 Å². The van der Waals surface area contributed by atoms with E-state index in [1.807, 2.05) is 0 Å². The zero-order valence-corrected chi connectivity index (χ0v) is 34.7. The number of amides is 3. The fourth-order valence-electron chi connectivity index (χ4n) is 7.56. The summed E-state index contributed by atoms with van der Waals surface area (Å²) in [5.74, 6) is -7.65. The molecule has 6 aromatic carbocycles. The van der Waals surface area contributed by atoms with Crippen LogP contribution in [0.5, 0.6) is 11.5 Å². The number of nitrogens with zero attached hydrogens (tertiary/aromatic N) is 2. The number of hydrogen-bond donors (Lipinski definition) is 3. The van der Waals surface area contributed by atoms with Crippen molar-refractivity contribution >= 4 is 52.6 Å². The van der Waals surface area contributed by atoms with Gasteiger partial charge in [0.25, 0.3) is 11.8 Å². The first-order valence-corrected chi connectivity index (χ1v) is 20.4. The van der Waals surface area contributed by atoms with E-state index in [9.17, 15) is 28.7 Å². The van der Waals surface area contributed by atoms with Crippen molar-refractivity contribution in [3.05, 3.63) is 182 Å². The van der Waals surface area contributed by atoms with Crippen LogP contribution in [0.3, 0.4) is 0 Å². The predicted molar refractivity (Wildman–Crippen MR) is 229 cm³/mol. The van der Waals surface area contributed by atoms with Crippen molar-refractivity contribution in [1.82, 2.24) is 10.2 Å². The van der Waals surface area contributed by atoms with Gasteiger partial charge in [0.15, 0.2) is 0 Å². The summed E-state index contributed by atoms with van der Waals surface area (Å²) in [6.45, 7) is -0.202. The van der Waals surface area contributed by atoms with Crippen LogP contribution in [-0.4, -0.2) is 45.8 Å². The molecule has 3 atom stereocenters. The molecule has 6 aromatic rings. The highest BCUT2D eigenvalue weighted by Gasteiger charge is 2.40. The fraction of sp³-hybridized carbons (Fsp3) is 0.146. The maximum absolute atomic E-state index is 15.1. The minimum absolute atomic E-state index is 0.167. The van der Waals surface area contributed by atoms with Crippen molar-refractivity contribution in [2.24, 2.45) is 0 Å². The van der Waals surface area contributed by atoms with Gasteiger partial charge < -0.3 is 30.1 Å². The molecular weight excluding hydrogens is 872 g/mol. The lowest BCUT2D eigenvalue weighted by Gasteiger charge is -2.37. The van der Waals surface area contributed by atoms with Gasteiger partial charge in [-0.15, -0.1) is 0 Å². The monoisotopic (exact) mass is 904 g/mol. The second-order valence-corrected chi connectivity index (χ2v) is 15.9. The topological polar surface area (TPSA) is 158 Å². The standard InChI is InChI=1S/C48H33Cl2F3N4O7/c49-35-14-5-27(15-36(35)50)24-63-34-12-10-30(11-13-34)44-46(59)55-39-17-31-18-41(57(23-32(31)19-42(39)64-44)47(60)43-37(52)20-33(51)21-38(43)53)45(58)56-40(48(61)62)16-25-1-6-28(7-2-25)29-8-3-26(22-54)4-9-29/h1-15,17,19-21,40-41,44H,16,18,23-24H2,(H,55,59)(H,56,58)(H,61,62). The molecule has 0 aliphatic carbocycles. The van der Waals surface area contributed by atoms with Crippen LogP contribution in [0.2, 0.25) is 10.0 Å². The Morgan fingerprint density at radius 1 is 0.859 bits per heavy atom. The first-order chi connectivity index (χ1) is 30.7. The van der Waals surface area contributed by atoms with Crippen LogP contribution in [0.15, 0.2) is 115 Å². The number of aliphatic carboxylic acids is 1. The Labute approximate surface area is 373 Å². The molecule has 0 aromatic heterocycles. The predicted octanol–water partition coefficient (Wildman–Crippen LogP) is 8.98. The average Bonchev–Trinajstić information content (AvgIpc) is 3.28. The largest absolute Gasteiger partial charge is 0.489 e. The maximum Gasteiger partial charge on any atom is 0.326 e. The van der Waals surface area contributed by atoms with Crippen LogP contribution >= 0.6 is 23.2 Å². The SMILES string of the molecule is N#Cc1ccc(-c2ccc(CC(NC(=O)C3Cc4cc5c(cc4CN3C(=O)c3c(F)cc(F)cc3F)OC(c3ccc(OCc4ccc(Cl)c(Cl)c4)cc3)C(=O)N5)C(=O)O)cc2)cc1. The first kappa shape index (κ1) is 43.3. The van der Waals surface area contributed by atoms with Gasteiger partial charge in [-0.1, -0.05) is 77.8 Å². The van der Waals surface area contributed by atoms with Crippen LogP contribution in [0, 0.1) is 28.8 Å². The number of benzene rings is 6. The van der Waals surface area contributed by atoms with Crippen molar-refractivity contribution in [3.8, 4) is 28.7 Å². The molecule has 2 aliphatic rings. The molecule has 322 valence electrons. The van der Waals surface area contributed by atoms with E-state index < -0.39 is 71.4 Å². The highest BCUT2D eigenvalue weighted by Crippen LogP contribution is 2.40. The molecule has 0 radical (unpaired) electrons. The summed E-state index contributed by atoms with van der Waals surface area (Å²) in [6.07, 6.45) is -1.55. The van der Waals surface area contributed by atoms with Crippen molar-refractivity contribution < 1.29 is 46.9 Å².